The molecule has 96 valence electrons. The molecule has 0 aliphatic rings. The standard InChI is InChI=1S/C12H13NO5/c1-17-11(15)9(12(16)18-2)10(14)13-8-6-4-3-5-7-8/h3-7,15H,1-2H3,(H,13,14)/b11-9-. The van der Waals surface area contributed by atoms with Crippen LogP contribution in [0.2, 0.25) is 0 Å². The van der Waals surface area contributed by atoms with Crippen molar-refractivity contribution in [2.45, 2.75) is 0 Å². The van der Waals surface area contributed by atoms with Gasteiger partial charge in [0, 0.05) is 5.69 Å². The molecule has 0 spiro atoms. The number of rotatable bonds is 4. The maximum absolute atomic E-state index is 11.8. The molecule has 18 heavy (non-hydrogen) atoms. The van der Waals surface area contributed by atoms with Crippen molar-refractivity contribution in [2.24, 2.45) is 0 Å². The number of hydrogen-bond donors (Lipinski definition) is 2. The van der Waals surface area contributed by atoms with Gasteiger partial charge in [-0.05, 0) is 12.1 Å². The highest BCUT2D eigenvalue weighted by Crippen LogP contribution is 2.11. The molecule has 0 radical (unpaired) electrons. The third kappa shape index (κ3) is 3.24. The fourth-order valence-electron chi connectivity index (χ4n) is 1.20. The lowest BCUT2D eigenvalue weighted by molar-refractivity contribution is -0.138. The Kier molecular flexibility index (Phi) is 4.74. The zero-order valence-electron chi connectivity index (χ0n) is 9.97. The van der Waals surface area contributed by atoms with E-state index in [0.29, 0.717) is 5.69 Å². The number of para-hydroxylation sites is 1. The molecule has 1 aromatic carbocycles. The van der Waals surface area contributed by atoms with E-state index in [1.807, 2.05) is 0 Å². The summed E-state index contributed by atoms with van der Waals surface area (Å²) in [6.45, 7) is 0. The van der Waals surface area contributed by atoms with Gasteiger partial charge >= 0.3 is 5.97 Å². The molecule has 0 unspecified atom stereocenters. The van der Waals surface area contributed by atoms with Crippen LogP contribution in [0.3, 0.4) is 0 Å². The van der Waals surface area contributed by atoms with Gasteiger partial charge in [-0.15, -0.1) is 0 Å². The van der Waals surface area contributed by atoms with Crippen LogP contribution in [-0.2, 0) is 19.1 Å². The molecule has 0 aliphatic heterocycles. The number of carbonyl (C=O) groups excluding carboxylic acids is 2. The van der Waals surface area contributed by atoms with E-state index in [1.165, 1.54) is 0 Å². The number of carbonyl (C=O) groups is 2. The van der Waals surface area contributed by atoms with Gasteiger partial charge in [-0.3, -0.25) is 4.79 Å². The lowest BCUT2D eigenvalue weighted by Gasteiger charge is -2.08. The third-order valence-corrected chi connectivity index (χ3v) is 2.06. The van der Waals surface area contributed by atoms with E-state index in [0.717, 1.165) is 14.2 Å². The average molecular weight is 251 g/mol. The number of methoxy groups -OCH3 is 2. The minimum atomic E-state index is -0.984. The maximum atomic E-state index is 11.8. The van der Waals surface area contributed by atoms with Gasteiger partial charge in [0.2, 0.25) is 5.57 Å². The lowest BCUT2D eigenvalue weighted by atomic mass is 10.2. The molecule has 0 fully saturated rings. The Morgan fingerprint density at radius 3 is 2.22 bits per heavy atom. The van der Waals surface area contributed by atoms with Gasteiger partial charge in [-0.2, -0.15) is 0 Å². The molecule has 6 heteroatoms. The topological polar surface area (TPSA) is 84.9 Å². The van der Waals surface area contributed by atoms with Crippen LogP contribution in [0.5, 0.6) is 0 Å². The summed E-state index contributed by atoms with van der Waals surface area (Å²) in [5.74, 6) is -2.59. The Balaban J connectivity index is 2.95. The molecule has 0 aromatic heterocycles. The van der Waals surface area contributed by atoms with Gasteiger partial charge < -0.3 is 19.9 Å². The number of benzene rings is 1. The number of hydrogen-bond acceptors (Lipinski definition) is 5. The first-order valence-corrected chi connectivity index (χ1v) is 5.02. The van der Waals surface area contributed by atoms with Crippen molar-refractivity contribution in [2.75, 3.05) is 19.5 Å². The molecule has 0 saturated heterocycles. The summed E-state index contributed by atoms with van der Waals surface area (Å²) in [7, 11) is 2.23. The van der Waals surface area contributed by atoms with Crippen LogP contribution in [0.1, 0.15) is 0 Å². The van der Waals surface area contributed by atoms with Crippen LogP contribution in [0.4, 0.5) is 5.69 Å². The van der Waals surface area contributed by atoms with Crippen molar-refractivity contribution < 1.29 is 24.2 Å². The molecule has 1 rings (SSSR count). The van der Waals surface area contributed by atoms with Crippen molar-refractivity contribution in [1.29, 1.82) is 0 Å². The first kappa shape index (κ1) is 13.6. The van der Waals surface area contributed by atoms with Gasteiger partial charge in [-0.25, -0.2) is 4.79 Å². The van der Waals surface area contributed by atoms with Gasteiger partial charge in [0.15, 0.2) is 0 Å². The normalized spacial score (nSPS) is 11.2. The van der Waals surface area contributed by atoms with E-state index in [1.54, 1.807) is 30.3 Å². The Morgan fingerprint density at radius 2 is 1.72 bits per heavy atom. The smallest absolute Gasteiger partial charge is 0.350 e. The molecule has 6 nitrogen and oxygen atoms in total. The molecule has 1 amide bonds. The third-order valence-electron chi connectivity index (χ3n) is 2.06. The van der Waals surface area contributed by atoms with Gasteiger partial charge in [0.25, 0.3) is 11.9 Å². The predicted molar refractivity (Wildman–Crippen MR) is 63.8 cm³/mol. The SMILES string of the molecule is COC(=O)/C(C(=O)Nc1ccccc1)=C(/O)OC. The maximum Gasteiger partial charge on any atom is 0.350 e. The second-order valence-electron chi connectivity index (χ2n) is 3.20. The van der Waals surface area contributed by atoms with E-state index < -0.39 is 23.4 Å². The summed E-state index contributed by atoms with van der Waals surface area (Å²) >= 11 is 0. The van der Waals surface area contributed by atoms with Gasteiger partial charge in [0.05, 0.1) is 14.2 Å². The molecule has 0 saturated carbocycles. The largest absolute Gasteiger partial charge is 0.480 e. The summed E-state index contributed by atoms with van der Waals surface area (Å²) in [5.41, 5.74) is -0.114. The van der Waals surface area contributed by atoms with Crippen LogP contribution in [0.15, 0.2) is 41.9 Å². The van der Waals surface area contributed by atoms with E-state index in [2.05, 4.69) is 14.8 Å². The number of nitrogens with one attached hydrogen (secondary N) is 1. The summed E-state index contributed by atoms with van der Waals surface area (Å²) in [6.07, 6.45) is 0. The first-order chi connectivity index (χ1) is 8.60. The summed E-state index contributed by atoms with van der Waals surface area (Å²) in [4.78, 5) is 23.2. The van der Waals surface area contributed by atoms with E-state index in [9.17, 15) is 14.7 Å². The second-order valence-corrected chi connectivity index (χ2v) is 3.20. The fourth-order valence-corrected chi connectivity index (χ4v) is 1.20. The Labute approximate surface area is 104 Å². The Hall–Kier alpha value is -2.50. The summed E-state index contributed by atoms with van der Waals surface area (Å²) < 4.78 is 8.86. The minimum absolute atomic E-state index is 0.479. The van der Waals surface area contributed by atoms with Crippen molar-refractivity contribution in [1.82, 2.24) is 0 Å². The summed E-state index contributed by atoms with van der Waals surface area (Å²) in [5, 5.41) is 11.8. The number of anilines is 1. The molecular formula is C12H13NO5. The van der Waals surface area contributed by atoms with E-state index in [-0.39, 0.29) is 0 Å². The molecular weight excluding hydrogens is 238 g/mol. The lowest BCUT2D eigenvalue weighted by Crippen LogP contribution is -2.23. The van der Waals surface area contributed by atoms with Crippen molar-refractivity contribution in [3.63, 3.8) is 0 Å². The van der Waals surface area contributed by atoms with E-state index >= 15 is 0 Å². The number of ether oxygens (including phenoxy) is 2. The van der Waals surface area contributed by atoms with Crippen LogP contribution in [0, 0.1) is 0 Å². The van der Waals surface area contributed by atoms with Crippen LogP contribution in [-0.4, -0.2) is 31.2 Å². The Bertz CT molecular complexity index is 467. The highest BCUT2D eigenvalue weighted by molar-refractivity contribution is 6.21. The van der Waals surface area contributed by atoms with Crippen molar-refractivity contribution >= 4 is 17.6 Å². The van der Waals surface area contributed by atoms with Crippen LogP contribution >= 0.6 is 0 Å². The number of aliphatic hydroxyl groups excluding tert-OH is 1. The van der Waals surface area contributed by atoms with E-state index in [4.69, 9.17) is 0 Å². The average Bonchev–Trinajstić information content (AvgIpc) is 2.39. The molecule has 0 aliphatic carbocycles. The van der Waals surface area contributed by atoms with Gasteiger partial charge in [-0.1, -0.05) is 18.2 Å². The molecule has 2 N–H and O–H groups in total. The quantitative estimate of drug-likeness (QED) is 0.276. The number of amides is 1. The number of aliphatic hydroxyl groups is 1. The van der Waals surface area contributed by atoms with Crippen LogP contribution < -0.4 is 5.32 Å². The van der Waals surface area contributed by atoms with Crippen molar-refractivity contribution in [3.05, 3.63) is 41.9 Å². The fraction of sp³-hybridized carbons (Fsp3) is 0.167. The highest BCUT2D eigenvalue weighted by atomic mass is 16.6. The molecule has 0 bridgehead atoms. The highest BCUT2D eigenvalue weighted by Gasteiger charge is 2.25. The second kappa shape index (κ2) is 6.29. The van der Waals surface area contributed by atoms with Crippen LogP contribution in [0.25, 0.3) is 0 Å². The first-order valence-electron chi connectivity index (χ1n) is 5.02. The molecule has 0 heterocycles. The molecule has 1 aromatic rings. The molecule has 0 atom stereocenters. The summed E-state index contributed by atoms with van der Waals surface area (Å²) in [6, 6.07) is 8.48. The zero-order chi connectivity index (χ0) is 13.5. The zero-order valence-corrected chi connectivity index (χ0v) is 9.97. The Morgan fingerprint density at radius 1 is 1.11 bits per heavy atom. The van der Waals surface area contributed by atoms with Crippen molar-refractivity contribution in [3.8, 4) is 0 Å². The monoisotopic (exact) mass is 251 g/mol. The minimum Gasteiger partial charge on any atom is -0.480 e. The van der Waals surface area contributed by atoms with Gasteiger partial charge in [0.1, 0.15) is 0 Å². The predicted octanol–water partition coefficient (Wildman–Crippen LogP) is 1.21. The number of esters is 1.